The van der Waals surface area contributed by atoms with Gasteiger partial charge in [0.25, 0.3) is 0 Å². The van der Waals surface area contributed by atoms with Crippen molar-refractivity contribution in [1.82, 2.24) is 0 Å². The maximum absolute atomic E-state index is 4.18. The summed E-state index contributed by atoms with van der Waals surface area (Å²) >= 11 is 9.73. The van der Waals surface area contributed by atoms with Gasteiger partial charge < -0.3 is 0 Å². The average molecular weight is 561 g/mol. The maximum Gasteiger partial charge on any atom is 0.247 e. The summed E-state index contributed by atoms with van der Waals surface area (Å²) in [7, 11) is -1.57. The van der Waals surface area contributed by atoms with Crippen LogP contribution in [0, 0.1) is 0 Å². The minimum Gasteiger partial charge on any atom is -0.102 e. The zero-order valence-electron chi connectivity index (χ0n) is 12.6. The first-order valence-electron chi connectivity index (χ1n) is 6.07. The second-order valence-electron chi connectivity index (χ2n) is 8.00. The predicted molar refractivity (Wildman–Crippen MR) is 108 cm³/mol. The summed E-state index contributed by atoms with van der Waals surface area (Å²) in [6, 6.07) is 0. The Kier molecular flexibility index (Phi) is 6.03. The first kappa shape index (κ1) is 19.4. The van der Waals surface area contributed by atoms with Crippen LogP contribution in [0.4, 0.5) is 0 Å². The lowest BCUT2D eigenvalue weighted by Gasteiger charge is -2.62. The van der Waals surface area contributed by atoms with Gasteiger partial charge in [-0.15, -0.1) is 15.3 Å². The lowest BCUT2D eigenvalue weighted by molar-refractivity contribution is 0.556. The number of rotatable bonds is 1. The largest absolute Gasteiger partial charge is 0.247 e. The van der Waals surface area contributed by atoms with Gasteiger partial charge in [0.05, 0.1) is 0 Å². The van der Waals surface area contributed by atoms with Gasteiger partial charge in [-0.2, -0.15) is 0 Å². The van der Waals surface area contributed by atoms with E-state index in [1.165, 1.54) is 0 Å². The van der Waals surface area contributed by atoms with Crippen molar-refractivity contribution in [3.8, 4) is 0 Å². The lowest BCUT2D eigenvalue weighted by atomic mass is 10.2. The van der Waals surface area contributed by atoms with Crippen LogP contribution in [0.3, 0.4) is 0 Å². The minimum absolute atomic E-state index is 0.404. The molecule has 0 fully saturated rings. The Balaban J connectivity index is 6.37. The molecule has 0 radical (unpaired) electrons. The number of hydrogen-bond donors (Lipinski definition) is 0. The molecule has 0 saturated carbocycles. The minimum atomic E-state index is -1.57. The molecule has 0 unspecified atom stereocenters. The SMILES string of the molecule is CC(C)(C)[Si](C(C)(C)C)(C(C)(C)C)[Si](Br)(I)I. The van der Waals surface area contributed by atoms with Crippen LogP contribution in [-0.4, -0.2) is 8.80 Å². The van der Waals surface area contributed by atoms with Gasteiger partial charge in [0.1, 0.15) is 7.59 Å². The molecule has 0 aromatic rings. The van der Waals surface area contributed by atoms with E-state index in [0.717, 1.165) is 0 Å². The standard InChI is InChI=1S/C12H27BrI2Si2/c1-10(2,3)16(11(4,5)6,12(7,8)9)17(13,14)15/h1-9H3. The van der Waals surface area contributed by atoms with Gasteiger partial charge in [0.2, 0.25) is 1.20 Å². The quantitative estimate of drug-likeness (QED) is 0.182. The van der Waals surface area contributed by atoms with Crippen LogP contribution in [0.5, 0.6) is 0 Å². The summed E-state index contributed by atoms with van der Waals surface area (Å²) in [4.78, 5) is 0. The molecule has 5 heteroatoms. The Morgan fingerprint density at radius 2 is 0.824 bits per heavy atom. The molecule has 0 aromatic carbocycles. The van der Waals surface area contributed by atoms with Crippen LogP contribution in [0.1, 0.15) is 62.3 Å². The Labute approximate surface area is 143 Å². The van der Waals surface area contributed by atoms with E-state index in [1.54, 1.807) is 0 Å². The van der Waals surface area contributed by atoms with E-state index < -0.39 is 8.80 Å². The molecule has 0 aliphatic rings. The second kappa shape index (κ2) is 5.29. The van der Waals surface area contributed by atoms with Gasteiger partial charge in [-0.1, -0.05) is 106 Å². The van der Waals surface area contributed by atoms with E-state index in [9.17, 15) is 0 Å². The van der Waals surface area contributed by atoms with Crippen molar-refractivity contribution in [3.05, 3.63) is 0 Å². The molecule has 104 valence electrons. The third kappa shape index (κ3) is 3.35. The van der Waals surface area contributed by atoms with Crippen molar-refractivity contribution < 1.29 is 0 Å². The van der Waals surface area contributed by atoms with Gasteiger partial charge >= 0.3 is 0 Å². The first-order valence-corrected chi connectivity index (χ1v) is 19.6. The van der Waals surface area contributed by atoms with Crippen molar-refractivity contribution in [3.63, 3.8) is 0 Å². The summed E-state index contributed by atoms with van der Waals surface area (Å²) in [5, 5.41) is 1.21. The van der Waals surface area contributed by atoms with Crippen LogP contribution in [0.15, 0.2) is 0 Å². The molecular weight excluding hydrogens is 534 g/mol. The smallest absolute Gasteiger partial charge is 0.102 e. The van der Waals surface area contributed by atoms with Gasteiger partial charge in [-0.25, -0.2) is 0 Å². The fraction of sp³-hybridized carbons (Fsp3) is 1.00. The third-order valence-corrected chi connectivity index (χ3v) is 40.6. The topological polar surface area (TPSA) is 0 Å². The highest BCUT2D eigenvalue weighted by Gasteiger charge is 2.69. The van der Waals surface area contributed by atoms with E-state index >= 15 is 0 Å². The van der Waals surface area contributed by atoms with Gasteiger partial charge in [-0.05, 0) is 15.1 Å². The van der Waals surface area contributed by atoms with E-state index in [0.29, 0.717) is 15.1 Å². The molecular formula is C12H27BrI2Si2. The zero-order valence-corrected chi connectivity index (χ0v) is 20.5. The predicted octanol–water partition coefficient (Wildman–Crippen LogP) is 7.12. The first-order chi connectivity index (χ1) is 7.00. The Hall–Kier alpha value is 2.37. The van der Waals surface area contributed by atoms with Gasteiger partial charge in [-0.3, -0.25) is 0 Å². The summed E-state index contributed by atoms with van der Waals surface area (Å²) in [6.07, 6.45) is 0. The van der Waals surface area contributed by atoms with Crippen LogP contribution in [0.2, 0.25) is 15.1 Å². The Bertz CT molecular complexity index is 215. The molecule has 0 aliphatic carbocycles. The lowest BCUT2D eigenvalue weighted by Crippen LogP contribution is -2.69. The Morgan fingerprint density at radius 3 is 0.824 bits per heavy atom. The molecule has 0 heterocycles. The molecule has 0 N–H and O–H groups in total. The highest BCUT2D eigenvalue weighted by molar-refractivity contribution is 14.3. The van der Waals surface area contributed by atoms with Crippen LogP contribution in [0.25, 0.3) is 0 Å². The molecule has 0 spiro atoms. The van der Waals surface area contributed by atoms with Crippen molar-refractivity contribution >= 4 is 67.7 Å². The summed E-state index contributed by atoms with van der Waals surface area (Å²) in [5.74, 6) is 0. The number of hydrogen-bond acceptors (Lipinski definition) is 0. The van der Waals surface area contributed by atoms with Crippen molar-refractivity contribution in [2.24, 2.45) is 0 Å². The van der Waals surface area contributed by atoms with E-state index in [-0.39, 0.29) is 0 Å². The monoisotopic (exact) mass is 560 g/mol. The molecule has 0 nitrogen and oxygen atoms in total. The second-order valence-corrected chi connectivity index (χ2v) is 56.2. The fourth-order valence-electron chi connectivity index (χ4n) is 4.65. The molecule has 0 amide bonds. The summed E-state index contributed by atoms with van der Waals surface area (Å²) in [5.41, 5.74) is 0. The van der Waals surface area contributed by atoms with E-state index in [2.05, 4.69) is 121 Å². The third-order valence-electron chi connectivity index (χ3n) is 3.80. The highest BCUT2D eigenvalue weighted by atomic mass is 127. The average Bonchev–Trinajstić information content (AvgIpc) is 1.67. The molecule has 0 aliphatic heterocycles. The summed E-state index contributed by atoms with van der Waals surface area (Å²) in [6.45, 7) is 22.2. The molecule has 0 saturated heterocycles. The highest BCUT2D eigenvalue weighted by Crippen LogP contribution is 2.69. The normalized spacial score (nSPS) is 16.2. The van der Waals surface area contributed by atoms with Crippen LogP contribution < -0.4 is 0 Å². The number of halogens is 3. The van der Waals surface area contributed by atoms with E-state index in [4.69, 9.17) is 0 Å². The fourth-order valence-corrected chi connectivity index (χ4v) is 81.4. The van der Waals surface area contributed by atoms with Crippen molar-refractivity contribution in [2.75, 3.05) is 0 Å². The van der Waals surface area contributed by atoms with Crippen molar-refractivity contribution in [1.29, 1.82) is 0 Å². The Morgan fingerprint density at radius 1 is 0.647 bits per heavy atom. The van der Waals surface area contributed by atoms with Crippen LogP contribution in [-0.2, 0) is 0 Å². The molecule has 0 atom stereocenters. The maximum atomic E-state index is 4.18. The zero-order chi connectivity index (χ0) is 14.5. The molecule has 0 aromatic heterocycles. The molecule has 0 rings (SSSR count). The molecule has 17 heavy (non-hydrogen) atoms. The van der Waals surface area contributed by atoms with Gasteiger partial charge in [0.15, 0.2) is 0 Å². The summed E-state index contributed by atoms with van der Waals surface area (Å²) < 4.78 is -1.45. The van der Waals surface area contributed by atoms with Crippen molar-refractivity contribution in [2.45, 2.75) is 77.4 Å². The molecule has 0 bridgehead atoms. The van der Waals surface area contributed by atoms with Gasteiger partial charge in [0, 0.05) is 0 Å². The van der Waals surface area contributed by atoms with Crippen LogP contribution >= 0.6 is 58.9 Å². The van der Waals surface area contributed by atoms with E-state index in [1.807, 2.05) is 0 Å².